The number of nitrogens with one attached hydrogen (secondary N) is 3. The van der Waals surface area contributed by atoms with Crippen molar-refractivity contribution in [3.8, 4) is 5.75 Å². The van der Waals surface area contributed by atoms with E-state index in [1.165, 1.54) is 24.3 Å². The van der Waals surface area contributed by atoms with E-state index in [0.29, 0.717) is 36.8 Å². The van der Waals surface area contributed by atoms with Gasteiger partial charge in [-0.1, -0.05) is 0 Å². The third-order valence-corrected chi connectivity index (χ3v) is 5.40. The lowest BCUT2D eigenvalue weighted by atomic mass is 10.2. The molecule has 2 rings (SSSR count). The molecule has 3 N–H and O–H groups in total. The number of sulfonamides is 1. The number of ether oxygens (including phenoxy) is 2. The molecular formula is C20H23N3O6S2. The lowest BCUT2D eigenvalue weighted by molar-refractivity contribution is -0.117. The molecule has 11 heteroatoms. The molecule has 0 saturated carbocycles. The highest BCUT2D eigenvalue weighted by Crippen LogP contribution is 2.15. The Bertz CT molecular complexity index is 1020. The Morgan fingerprint density at radius 1 is 1.00 bits per heavy atom. The number of benzene rings is 2. The summed E-state index contributed by atoms with van der Waals surface area (Å²) in [7, 11) is -3.92. The van der Waals surface area contributed by atoms with E-state index in [0.717, 1.165) is 6.92 Å². The molecule has 166 valence electrons. The van der Waals surface area contributed by atoms with Crippen LogP contribution in [0.25, 0.3) is 0 Å². The number of hydrogen-bond acceptors (Lipinski definition) is 7. The molecule has 0 radical (unpaired) electrons. The highest BCUT2D eigenvalue weighted by atomic mass is 32.2. The Kier molecular flexibility index (Phi) is 8.91. The predicted octanol–water partition coefficient (Wildman–Crippen LogP) is 2.05. The Morgan fingerprint density at radius 3 is 2.23 bits per heavy atom. The summed E-state index contributed by atoms with van der Waals surface area (Å²) in [6.45, 7) is 4.53. The minimum absolute atomic E-state index is 0.0412. The summed E-state index contributed by atoms with van der Waals surface area (Å²) in [6, 6.07) is 12.1. The summed E-state index contributed by atoms with van der Waals surface area (Å²) >= 11 is 5.13. The fourth-order valence-corrected chi connectivity index (χ4v) is 3.57. The predicted molar refractivity (Wildman–Crippen MR) is 120 cm³/mol. The second kappa shape index (κ2) is 11.4. The van der Waals surface area contributed by atoms with Gasteiger partial charge < -0.3 is 14.8 Å². The summed E-state index contributed by atoms with van der Waals surface area (Å²) in [6.07, 6.45) is 0. The molecule has 2 aromatic carbocycles. The highest BCUT2D eigenvalue weighted by Gasteiger charge is 2.15. The van der Waals surface area contributed by atoms with Gasteiger partial charge in [-0.25, -0.2) is 13.1 Å². The second-order valence-corrected chi connectivity index (χ2v) is 8.25. The van der Waals surface area contributed by atoms with Crippen LogP contribution in [0.3, 0.4) is 0 Å². The topological polar surface area (TPSA) is 123 Å². The van der Waals surface area contributed by atoms with Crippen LogP contribution >= 0.6 is 12.2 Å². The smallest absolute Gasteiger partial charge is 0.264 e. The van der Waals surface area contributed by atoms with Gasteiger partial charge in [0.15, 0.2) is 5.11 Å². The van der Waals surface area contributed by atoms with E-state index >= 15 is 0 Å². The first-order valence-corrected chi connectivity index (χ1v) is 11.2. The van der Waals surface area contributed by atoms with Crippen molar-refractivity contribution >= 4 is 44.9 Å². The molecule has 0 spiro atoms. The van der Waals surface area contributed by atoms with Gasteiger partial charge in [-0.05, 0) is 67.7 Å². The molecule has 0 aliphatic carbocycles. The number of rotatable bonds is 9. The molecule has 0 bridgehead atoms. The molecule has 9 nitrogen and oxygen atoms in total. The largest absolute Gasteiger partial charge is 0.491 e. The summed E-state index contributed by atoms with van der Waals surface area (Å²) in [5.41, 5.74) is 0.850. The van der Waals surface area contributed by atoms with Crippen molar-refractivity contribution in [3.63, 3.8) is 0 Å². The van der Waals surface area contributed by atoms with Gasteiger partial charge >= 0.3 is 0 Å². The van der Waals surface area contributed by atoms with Crippen molar-refractivity contribution < 1.29 is 27.5 Å². The summed E-state index contributed by atoms with van der Waals surface area (Å²) < 4.78 is 36.4. The minimum atomic E-state index is -3.92. The van der Waals surface area contributed by atoms with E-state index in [2.05, 4.69) is 10.6 Å². The maximum atomic E-state index is 12.3. The van der Waals surface area contributed by atoms with Gasteiger partial charge in [-0.3, -0.25) is 14.9 Å². The lowest BCUT2D eigenvalue weighted by Crippen LogP contribution is -2.34. The van der Waals surface area contributed by atoms with E-state index < -0.39 is 21.8 Å². The average molecular weight is 466 g/mol. The van der Waals surface area contributed by atoms with Crippen molar-refractivity contribution in [2.75, 3.05) is 25.1 Å². The van der Waals surface area contributed by atoms with E-state index in [9.17, 15) is 18.0 Å². The second-order valence-electron chi connectivity index (χ2n) is 6.16. The van der Waals surface area contributed by atoms with Gasteiger partial charge in [0.1, 0.15) is 12.4 Å². The third kappa shape index (κ3) is 7.96. The zero-order chi connectivity index (χ0) is 22.9. The van der Waals surface area contributed by atoms with Crippen LogP contribution in [-0.4, -0.2) is 45.2 Å². The first-order chi connectivity index (χ1) is 14.7. The first kappa shape index (κ1) is 24.3. The summed E-state index contributed by atoms with van der Waals surface area (Å²) in [4.78, 5) is 23.2. The number of hydrogen-bond donors (Lipinski definition) is 3. The molecule has 2 aromatic rings. The van der Waals surface area contributed by atoms with Crippen molar-refractivity contribution in [1.29, 1.82) is 0 Å². The van der Waals surface area contributed by atoms with Gasteiger partial charge in [0, 0.05) is 24.8 Å². The Hall–Kier alpha value is -3.02. The molecule has 0 unspecified atom stereocenters. The monoisotopic (exact) mass is 465 g/mol. The van der Waals surface area contributed by atoms with Crippen LogP contribution in [-0.2, 0) is 19.6 Å². The first-order valence-electron chi connectivity index (χ1n) is 9.27. The number of amides is 2. The molecule has 2 amide bonds. The van der Waals surface area contributed by atoms with Crippen molar-refractivity contribution in [1.82, 2.24) is 10.0 Å². The zero-order valence-corrected chi connectivity index (χ0v) is 18.6. The van der Waals surface area contributed by atoms with Gasteiger partial charge in [-0.15, -0.1) is 0 Å². The molecule has 0 aliphatic rings. The summed E-state index contributed by atoms with van der Waals surface area (Å²) in [5, 5.41) is 5.37. The molecule has 0 saturated heterocycles. The van der Waals surface area contributed by atoms with Crippen molar-refractivity contribution in [3.05, 3.63) is 54.1 Å². The zero-order valence-electron chi connectivity index (χ0n) is 17.0. The highest BCUT2D eigenvalue weighted by molar-refractivity contribution is 7.90. The molecule has 0 fully saturated rings. The Labute approximate surface area is 186 Å². The lowest BCUT2D eigenvalue weighted by Gasteiger charge is -2.11. The normalized spacial score (nSPS) is 10.8. The Morgan fingerprint density at radius 2 is 1.65 bits per heavy atom. The number of carbonyl (C=O) groups excluding carboxylic acids is 2. The van der Waals surface area contributed by atoms with Gasteiger partial charge in [0.25, 0.3) is 15.9 Å². The van der Waals surface area contributed by atoms with Crippen LogP contribution in [0, 0.1) is 0 Å². The van der Waals surface area contributed by atoms with Gasteiger partial charge in [0.05, 0.1) is 11.5 Å². The maximum Gasteiger partial charge on any atom is 0.264 e. The van der Waals surface area contributed by atoms with Crippen molar-refractivity contribution in [2.45, 2.75) is 18.7 Å². The molecule has 0 aromatic heterocycles. The van der Waals surface area contributed by atoms with Crippen LogP contribution in [0.2, 0.25) is 0 Å². The Balaban J connectivity index is 1.89. The fraction of sp³-hybridized carbons (Fsp3) is 0.250. The molecule has 31 heavy (non-hydrogen) atoms. The van der Waals surface area contributed by atoms with Crippen LogP contribution in [0.5, 0.6) is 5.75 Å². The van der Waals surface area contributed by atoms with Crippen LogP contribution in [0.4, 0.5) is 5.69 Å². The molecule has 0 heterocycles. The molecular weight excluding hydrogens is 442 g/mol. The standard InChI is InChI=1S/C20H23N3O6S2/c1-3-28-12-13-29-17-8-4-15(5-9-17)19(25)22-20(30)21-16-6-10-18(11-7-16)31(26,27)23-14(2)24/h4-11H,3,12-13H2,1-2H3,(H,23,24)(H2,21,22,25,30). The number of carbonyl (C=O) groups is 2. The average Bonchev–Trinajstić information content (AvgIpc) is 2.71. The maximum absolute atomic E-state index is 12.3. The minimum Gasteiger partial charge on any atom is -0.491 e. The molecule has 0 atom stereocenters. The van der Waals surface area contributed by atoms with Gasteiger partial charge in [0.2, 0.25) is 5.91 Å². The van der Waals surface area contributed by atoms with E-state index in [1.54, 1.807) is 24.3 Å². The molecule has 0 aliphatic heterocycles. The number of anilines is 1. The quantitative estimate of drug-likeness (QED) is 0.380. The van der Waals surface area contributed by atoms with Crippen LogP contribution < -0.4 is 20.1 Å². The van der Waals surface area contributed by atoms with E-state index in [1.807, 2.05) is 11.6 Å². The van der Waals surface area contributed by atoms with Crippen LogP contribution in [0.15, 0.2) is 53.4 Å². The van der Waals surface area contributed by atoms with Crippen molar-refractivity contribution in [2.24, 2.45) is 0 Å². The van der Waals surface area contributed by atoms with Crippen LogP contribution in [0.1, 0.15) is 24.2 Å². The van der Waals surface area contributed by atoms with Gasteiger partial charge in [-0.2, -0.15) is 0 Å². The van der Waals surface area contributed by atoms with E-state index in [4.69, 9.17) is 21.7 Å². The van der Waals surface area contributed by atoms with E-state index in [-0.39, 0.29) is 10.0 Å². The SMILES string of the molecule is CCOCCOc1ccc(C(=O)NC(=S)Nc2ccc(S(=O)(=O)NC(C)=O)cc2)cc1. The fourth-order valence-electron chi connectivity index (χ4n) is 2.37. The number of thiocarbonyl (C=S) groups is 1. The summed E-state index contributed by atoms with van der Waals surface area (Å²) in [5.74, 6) is -0.481. The third-order valence-electron chi connectivity index (χ3n) is 3.74.